The summed E-state index contributed by atoms with van der Waals surface area (Å²) in [5.41, 5.74) is 8.94. The van der Waals surface area contributed by atoms with Crippen molar-refractivity contribution in [2.45, 2.75) is 13.0 Å². The van der Waals surface area contributed by atoms with E-state index in [9.17, 15) is 0 Å². The van der Waals surface area contributed by atoms with Crippen molar-refractivity contribution in [3.05, 3.63) is 34.8 Å². The lowest BCUT2D eigenvalue weighted by Gasteiger charge is -2.20. The lowest BCUT2D eigenvalue weighted by atomic mass is 10.2. The Bertz CT molecular complexity index is 530. The van der Waals surface area contributed by atoms with Gasteiger partial charge >= 0.3 is 0 Å². The van der Waals surface area contributed by atoms with E-state index < -0.39 is 0 Å². The number of fused-ring (bicyclic) bond motifs is 1. The van der Waals surface area contributed by atoms with Gasteiger partial charge in [-0.1, -0.05) is 0 Å². The summed E-state index contributed by atoms with van der Waals surface area (Å²) in [6.07, 6.45) is 1.07. The van der Waals surface area contributed by atoms with Crippen LogP contribution in [0.5, 0.6) is 0 Å². The highest BCUT2D eigenvalue weighted by atomic mass is 32.1. The van der Waals surface area contributed by atoms with Gasteiger partial charge in [0, 0.05) is 35.6 Å². The van der Waals surface area contributed by atoms with Crippen LogP contribution in [0.3, 0.4) is 0 Å². The molecule has 2 N–H and O–H groups in total. The molecule has 0 radical (unpaired) electrons. The topological polar surface area (TPSA) is 42.2 Å². The quantitative estimate of drug-likeness (QED) is 0.784. The Balaban J connectivity index is 1.97. The molecule has 2 heterocycles. The van der Waals surface area contributed by atoms with Crippen molar-refractivity contribution in [1.82, 2.24) is 9.88 Å². The maximum Gasteiger partial charge on any atom is 0.123 e. The van der Waals surface area contributed by atoms with E-state index in [4.69, 9.17) is 10.7 Å². The molecule has 0 saturated heterocycles. The number of likely N-dealkylation sites (N-methyl/N-ethyl adjacent to an activating group) is 1. The molecule has 0 aliphatic carbocycles. The average Bonchev–Trinajstić information content (AvgIpc) is 2.72. The fourth-order valence-electron chi connectivity index (χ4n) is 2.07. The van der Waals surface area contributed by atoms with Crippen LogP contribution in [0.4, 0.5) is 5.69 Å². The normalized spacial score (nSPS) is 15.8. The monoisotopic (exact) mass is 245 g/mol. The minimum atomic E-state index is 0.801. The molecule has 0 amide bonds. The first kappa shape index (κ1) is 10.7. The van der Waals surface area contributed by atoms with Crippen LogP contribution in [0.2, 0.25) is 0 Å². The van der Waals surface area contributed by atoms with Gasteiger partial charge in [0.05, 0.1) is 5.69 Å². The lowest BCUT2D eigenvalue weighted by Crippen LogP contribution is -2.25. The van der Waals surface area contributed by atoms with Gasteiger partial charge in [-0.2, -0.15) is 0 Å². The summed E-state index contributed by atoms with van der Waals surface area (Å²) in [7, 11) is 2.16. The molecule has 3 rings (SSSR count). The minimum absolute atomic E-state index is 0.801. The fraction of sp³-hybridized carbons (Fsp3) is 0.308. The predicted octanol–water partition coefficient (Wildman–Crippen LogP) is 2.38. The van der Waals surface area contributed by atoms with Crippen molar-refractivity contribution in [3.8, 4) is 10.6 Å². The fourth-order valence-corrected chi connectivity index (χ4v) is 3.27. The van der Waals surface area contributed by atoms with Gasteiger partial charge in [-0.25, -0.2) is 4.98 Å². The van der Waals surface area contributed by atoms with Crippen LogP contribution in [0, 0.1) is 0 Å². The maximum absolute atomic E-state index is 5.70. The molecule has 0 unspecified atom stereocenters. The first-order chi connectivity index (χ1) is 8.22. The number of hydrogen-bond donors (Lipinski definition) is 1. The number of nitrogens with zero attached hydrogens (tertiary/aromatic N) is 2. The second kappa shape index (κ2) is 4.13. The van der Waals surface area contributed by atoms with Crippen molar-refractivity contribution in [2.75, 3.05) is 19.3 Å². The highest BCUT2D eigenvalue weighted by Crippen LogP contribution is 2.31. The number of rotatable bonds is 1. The lowest BCUT2D eigenvalue weighted by molar-refractivity contribution is 0.314. The van der Waals surface area contributed by atoms with Crippen LogP contribution in [-0.4, -0.2) is 23.5 Å². The van der Waals surface area contributed by atoms with Crippen molar-refractivity contribution in [3.63, 3.8) is 0 Å². The number of nitrogen functional groups attached to an aromatic ring is 1. The van der Waals surface area contributed by atoms with Crippen LogP contribution in [-0.2, 0) is 13.0 Å². The standard InChI is InChI=1S/C13H15N3S/c1-16-7-6-11-12(8-16)17-13(15-11)9-2-4-10(14)5-3-9/h2-5H,6-8,14H2,1H3. The van der Waals surface area contributed by atoms with Crippen molar-refractivity contribution in [1.29, 1.82) is 0 Å². The summed E-state index contributed by atoms with van der Waals surface area (Å²) in [6, 6.07) is 7.95. The molecule has 1 aromatic heterocycles. The third-order valence-electron chi connectivity index (χ3n) is 3.08. The van der Waals surface area contributed by atoms with E-state index in [2.05, 4.69) is 11.9 Å². The zero-order valence-corrected chi connectivity index (χ0v) is 10.6. The number of anilines is 1. The number of hydrogen-bond acceptors (Lipinski definition) is 4. The SMILES string of the molecule is CN1CCc2nc(-c3ccc(N)cc3)sc2C1. The van der Waals surface area contributed by atoms with Crippen LogP contribution < -0.4 is 5.73 Å². The summed E-state index contributed by atoms with van der Waals surface area (Å²) in [5, 5.41) is 1.12. The number of aromatic nitrogens is 1. The molecule has 1 aromatic carbocycles. The summed E-state index contributed by atoms with van der Waals surface area (Å²) in [4.78, 5) is 8.48. The van der Waals surface area contributed by atoms with E-state index in [1.54, 1.807) is 11.3 Å². The Labute approximate surface area is 105 Å². The van der Waals surface area contributed by atoms with E-state index >= 15 is 0 Å². The molecular weight excluding hydrogens is 230 g/mol. The van der Waals surface area contributed by atoms with E-state index in [0.717, 1.165) is 30.2 Å². The molecule has 2 aromatic rings. The third kappa shape index (κ3) is 2.06. The molecule has 0 fully saturated rings. The summed E-state index contributed by atoms with van der Waals surface area (Å²) in [6.45, 7) is 2.14. The molecule has 0 atom stereocenters. The van der Waals surface area contributed by atoms with Gasteiger partial charge < -0.3 is 10.6 Å². The van der Waals surface area contributed by atoms with E-state index in [0.29, 0.717) is 0 Å². The largest absolute Gasteiger partial charge is 0.399 e. The van der Waals surface area contributed by atoms with Gasteiger partial charge in [-0.05, 0) is 31.3 Å². The van der Waals surface area contributed by atoms with Crippen LogP contribution in [0.15, 0.2) is 24.3 Å². The number of benzene rings is 1. The summed E-state index contributed by atoms with van der Waals surface area (Å²) in [5.74, 6) is 0. The van der Waals surface area contributed by atoms with Crippen molar-refractivity contribution in [2.24, 2.45) is 0 Å². The van der Waals surface area contributed by atoms with Gasteiger partial charge in [-0.3, -0.25) is 0 Å². The maximum atomic E-state index is 5.70. The van der Waals surface area contributed by atoms with Crippen molar-refractivity contribution >= 4 is 17.0 Å². The first-order valence-electron chi connectivity index (χ1n) is 5.75. The highest BCUT2D eigenvalue weighted by Gasteiger charge is 2.18. The van der Waals surface area contributed by atoms with Gasteiger partial charge in [0.15, 0.2) is 0 Å². The Morgan fingerprint density at radius 2 is 2.06 bits per heavy atom. The molecule has 0 bridgehead atoms. The second-order valence-corrected chi connectivity index (χ2v) is 5.58. The Hall–Kier alpha value is -1.39. The van der Waals surface area contributed by atoms with Crippen LogP contribution in [0.1, 0.15) is 10.6 Å². The number of nitrogens with two attached hydrogens (primary N) is 1. The molecule has 17 heavy (non-hydrogen) atoms. The molecular formula is C13H15N3S. The predicted molar refractivity (Wildman–Crippen MR) is 72.0 cm³/mol. The smallest absolute Gasteiger partial charge is 0.123 e. The van der Waals surface area contributed by atoms with Crippen molar-refractivity contribution < 1.29 is 0 Å². The van der Waals surface area contributed by atoms with Crippen LogP contribution >= 0.6 is 11.3 Å². The highest BCUT2D eigenvalue weighted by molar-refractivity contribution is 7.15. The van der Waals surface area contributed by atoms with Crippen LogP contribution in [0.25, 0.3) is 10.6 Å². The Morgan fingerprint density at radius 1 is 1.29 bits per heavy atom. The van der Waals surface area contributed by atoms with Gasteiger partial charge in [0.25, 0.3) is 0 Å². The average molecular weight is 245 g/mol. The third-order valence-corrected chi connectivity index (χ3v) is 4.21. The van der Waals surface area contributed by atoms with E-state index in [1.807, 2.05) is 24.3 Å². The summed E-state index contributed by atoms with van der Waals surface area (Å²) >= 11 is 1.80. The zero-order chi connectivity index (χ0) is 11.8. The van der Waals surface area contributed by atoms with Gasteiger partial charge in [-0.15, -0.1) is 11.3 Å². The molecule has 1 aliphatic heterocycles. The Morgan fingerprint density at radius 3 is 2.82 bits per heavy atom. The van der Waals surface area contributed by atoms with Gasteiger partial charge in [0.2, 0.25) is 0 Å². The molecule has 3 nitrogen and oxygen atoms in total. The molecule has 88 valence electrons. The molecule has 0 spiro atoms. The second-order valence-electron chi connectivity index (χ2n) is 4.50. The first-order valence-corrected chi connectivity index (χ1v) is 6.57. The van der Waals surface area contributed by atoms with E-state index in [-0.39, 0.29) is 0 Å². The van der Waals surface area contributed by atoms with E-state index in [1.165, 1.54) is 16.1 Å². The van der Waals surface area contributed by atoms with Gasteiger partial charge in [0.1, 0.15) is 5.01 Å². The molecule has 4 heteroatoms. The summed E-state index contributed by atoms with van der Waals surface area (Å²) < 4.78 is 0. The zero-order valence-electron chi connectivity index (χ0n) is 9.81. The molecule has 0 saturated carbocycles. The number of thiazole rings is 1. The minimum Gasteiger partial charge on any atom is -0.399 e. The Kier molecular flexibility index (Phi) is 2.61. The molecule has 1 aliphatic rings.